The van der Waals surface area contributed by atoms with E-state index < -0.39 is 25.0 Å². The SMILES string of the molecule is O.O=C([O-])CN(CCO)CC(=O)[O-].[Fe+2].[Na+]. The second-order valence-electron chi connectivity index (χ2n) is 2.18. The molecule has 0 bridgehead atoms. The summed E-state index contributed by atoms with van der Waals surface area (Å²) in [6.07, 6.45) is 0. The first kappa shape index (κ1) is 24.5. The number of carboxylic acids is 2. The summed E-state index contributed by atoms with van der Waals surface area (Å²) < 4.78 is 0. The van der Waals surface area contributed by atoms with Crippen molar-refractivity contribution >= 4 is 11.9 Å². The van der Waals surface area contributed by atoms with Crippen LogP contribution < -0.4 is 39.8 Å². The molecule has 0 atom stereocenters. The van der Waals surface area contributed by atoms with Gasteiger partial charge in [0, 0.05) is 19.6 Å². The van der Waals surface area contributed by atoms with Gasteiger partial charge in [-0.2, -0.15) is 0 Å². The van der Waals surface area contributed by atoms with Crippen LogP contribution in [0.3, 0.4) is 0 Å². The average molecular weight is 272 g/mol. The second-order valence-corrected chi connectivity index (χ2v) is 2.18. The first-order valence-corrected chi connectivity index (χ1v) is 3.29. The zero-order chi connectivity index (χ0) is 9.56. The van der Waals surface area contributed by atoms with Crippen molar-refractivity contribution in [3.63, 3.8) is 0 Å². The molecule has 0 amide bonds. The van der Waals surface area contributed by atoms with E-state index in [1.807, 2.05) is 0 Å². The van der Waals surface area contributed by atoms with Gasteiger partial charge < -0.3 is 30.4 Å². The van der Waals surface area contributed by atoms with Gasteiger partial charge in [0.1, 0.15) is 0 Å². The van der Waals surface area contributed by atoms with Crippen LogP contribution in [0.4, 0.5) is 0 Å². The molecule has 7 nitrogen and oxygen atoms in total. The van der Waals surface area contributed by atoms with Gasteiger partial charge in [0.15, 0.2) is 0 Å². The van der Waals surface area contributed by atoms with Crippen LogP contribution in [-0.4, -0.2) is 53.7 Å². The van der Waals surface area contributed by atoms with Crippen molar-refractivity contribution < 1.29 is 77.0 Å². The number of rotatable bonds is 6. The predicted octanol–water partition coefficient (Wildman–Crippen LogP) is -8.04. The van der Waals surface area contributed by atoms with Crippen molar-refractivity contribution in [2.45, 2.75) is 0 Å². The van der Waals surface area contributed by atoms with E-state index in [0.29, 0.717) is 0 Å². The van der Waals surface area contributed by atoms with E-state index in [-0.39, 0.29) is 65.3 Å². The van der Waals surface area contributed by atoms with E-state index >= 15 is 0 Å². The summed E-state index contributed by atoms with van der Waals surface area (Å²) >= 11 is 0. The van der Waals surface area contributed by atoms with Crippen molar-refractivity contribution in [1.82, 2.24) is 4.90 Å². The maximum Gasteiger partial charge on any atom is 2.00 e. The van der Waals surface area contributed by atoms with Gasteiger partial charge in [-0.25, -0.2) is 0 Å². The second kappa shape index (κ2) is 14.3. The zero-order valence-corrected chi connectivity index (χ0v) is 11.3. The third-order valence-electron chi connectivity index (χ3n) is 1.12. The zero-order valence-electron chi connectivity index (χ0n) is 8.21. The van der Waals surface area contributed by atoms with E-state index in [2.05, 4.69) is 0 Å². The molecule has 0 aliphatic heterocycles. The standard InChI is InChI=1S/C6H11NO5.Fe.Na.H2O/c8-2-1-7(3-5(9)10)4-6(11)12;;;/h8H,1-4H2,(H,9,10)(H,11,12);;;1H2/q;+2;+1;/p-2. The molecule has 0 fully saturated rings. The van der Waals surface area contributed by atoms with Crippen LogP contribution in [0.25, 0.3) is 0 Å². The van der Waals surface area contributed by atoms with E-state index in [9.17, 15) is 19.8 Å². The van der Waals surface area contributed by atoms with E-state index in [1.165, 1.54) is 0 Å². The van der Waals surface area contributed by atoms with Crippen molar-refractivity contribution in [2.75, 3.05) is 26.2 Å². The molecule has 0 aromatic rings. The van der Waals surface area contributed by atoms with Crippen LogP contribution in [0.1, 0.15) is 0 Å². The monoisotopic (exact) mass is 272 g/mol. The molecular formula is C6H11FeNNaO6+. The molecular weight excluding hydrogens is 261 g/mol. The molecule has 0 aromatic carbocycles. The topological polar surface area (TPSA) is 135 Å². The Morgan fingerprint density at radius 1 is 1.13 bits per heavy atom. The van der Waals surface area contributed by atoms with E-state index in [1.54, 1.807) is 0 Å². The molecule has 0 saturated heterocycles. The fourth-order valence-corrected chi connectivity index (χ4v) is 0.721. The van der Waals surface area contributed by atoms with Gasteiger partial charge in [-0.3, -0.25) is 4.90 Å². The van der Waals surface area contributed by atoms with Gasteiger partial charge in [0.2, 0.25) is 0 Å². The summed E-state index contributed by atoms with van der Waals surface area (Å²) in [5.74, 6) is -2.77. The molecule has 0 unspecified atom stereocenters. The van der Waals surface area contributed by atoms with Crippen molar-refractivity contribution in [2.24, 2.45) is 0 Å². The normalized spacial score (nSPS) is 8.13. The van der Waals surface area contributed by atoms with Crippen molar-refractivity contribution in [1.29, 1.82) is 0 Å². The number of hydrogen-bond acceptors (Lipinski definition) is 6. The Kier molecular flexibility index (Phi) is 23.4. The van der Waals surface area contributed by atoms with Gasteiger partial charge >= 0.3 is 46.6 Å². The Hall–Kier alpha value is 0.339. The molecule has 84 valence electrons. The van der Waals surface area contributed by atoms with Crippen LogP contribution in [-0.2, 0) is 26.7 Å². The molecule has 15 heavy (non-hydrogen) atoms. The molecule has 0 heterocycles. The molecule has 0 spiro atoms. The molecule has 0 radical (unpaired) electrons. The number of carbonyl (C=O) groups excluding carboxylic acids is 2. The molecule has 0 rings (SSSR count). The summed E-state index contributed by atoms with van der Waals surface area (Å²) in [5.41, 5.74) is 0. The molecule has 9 heteroatoms. The Balaban J connectivity index is -0.000000202. The quantitative estimate of drug-likeness (QED) is 0.477. The smallest absolute Gasteiger partial charge is 0.549 e. The van der Waals surface area contributed by atoms with Crippen molar-refractivity contribution in [3.05, 3.63) is 0 Å². The van der Waals surface area contributed by atoms with E-state index in [0.717, 1.165) is 4.90 Å². The maximum absolute atomic E-state index is 10.0. The van der Waals surface area contributed by atoms with Crippen LogP contribution in [0, 0.1) is 0 Å². The first-order chi connectivity index (χ1) is 5.56. The maximum atomic E-state index is 10.0. The Morgan fingerprint density at radius 3 is 1.67 bits per heavy atom. The summed E-state index contributed by atoms with van der Waals surface area (Å²) in [4.78, 5) is 21.0. The summed E-state index contributed by atoms with van der Waals surface area (Å²) in [6.45, 7) is -1.37. The first-order valence-electron chi connectivity index (χ1n) is 3.29. The minimum Gasteiger partial charge on any atom is -0.549 e. The summed E-state index contributed by atoms with van der Waals surface area (Å²) in [7, 11) is 0. The van der Waals surface area contributed by atoms with Crippen LogP contribution in [0.2, 0.25) is 0 Å². The largest absolute Gasteiger partial charge is 2.00 e. The number of carbonyl (C=O) groups is 2. The molecule has 0 aromatic heterocycles. The minimum atomic E-state index is -1.38. The Bertz CT molecular complexity index is 165. The predicted molar refractivity (Wildman–Crippen MR) is 37.2 cm³/mol. The number of hydrogen-bond donors (Lipinski definition) is 1. The number of aliphatic hydroxyl groups is 1. The third-order valence-corrected chi connectivity index (χ3v) is 1.12. The number of carboxylic acid groups (broad SMARTS) is 2. The minimum absolute atomic E-state index is 0. The van der Waals surface area contributed by atoms with Gasteiger partial charge in [-0.15, -0.1) is 0 Å². The van der Waals surface area contributed by atoms with Gasteiger partial charge in [-0.05, 0) is 0 Å². The summed E-state index contributed by atoms with van der Waals surface area (Å²) in [5, 5.41) is 28.4. The Labute approximate surface area is 120 Å². The van der Waals surface area contributed by atoms with E-state index in [4.69, 9.17) is 5.11 Å². The molecule has 3 N–H and O–H groups in total. The Morgan fingerprint density at radius 2 is 1.47 bits per heavy atom. The number of aliphatic carboxylic acids is 2. The fraction of sp³-hybridized carbons (Fsp3) is 0.667. The molecule has 0 saturated carbocycles. The summed E-state index contributed by atoms with van der Waals surface area (Å²) in [6, 6.07) is 0. The van der Waals surface area contributed by atoms with Gasteiger partial charge in [0.25, 0.3) is 0 Å². The van der Waals surface area contributed by atoms with Crippen LogP contribution >= 0.6 is 0 Å². The van der Waals surface area contributed by atoms with Gasteiger partial charge in [0.05, 0.1) is 18.5 Å². The van der Waals surface area contributed by atoms with Crippen LogP contribution in [0.5, 0.6) is 0 Å². The van der Waals surface area contributed by atoms with Crippen molar-refractivity contribution in [3.8, 4) is 0 Å². The van der Waals surface area contributed by atoms with Gasteiger partial charge in [-0.1, -0.05) is 0 Å². The number of nitrogens with zero attached hydrogens (tertiary/aromatic N) is 1. The number of aliphatic hydroxyl groups excluding tert-OH is 1. The molecule has 0 aliphatic carbocycles. The molecule has 0 aliphatic rings. The van der Waals surface area contributed by atoms with Crippen LogP contribution in [0.15, 0.2) is 0 Å². The fourth-order valence-electron chi connectivity index (χ4n) is 0.721. The third kappa shape index (κ3) is 17.0. The average Bonchev–Trinajstić information content (AvgIpc) is 1.84.